The Morgan fingerprint density at radius 1 is 0.765 bits per heavy atom. The summed E-state index contributed by atoms with van der Waals surface area (Å²) in [6, 6.07) is 35.5. The van der Waals surface area contributed by atoms with Gasteiger partial charge in [-0.05, 0) is 47.9 Å². The number of rotatable bonds is 5. The van der Waals surface area contributed by atoms with Gasteiger partial charge in [0.05, 0.1) is 22.1 Å². The Bertz CT molecular complexity index is 1460. The van der Waals surface area contributed by atoms with Crippen molar-refractivity contribution in [3.05, 3.63) is 125 Å². The second-order valence-corrected chi connectivity index (χ2v) is 8.40. The molecule has 4 aromatic carbocycles. The SMILES string of the molecule is Cc1ccccc1-n1nc(C(=O)Nc2ccccc2Cl)cc1-c1ccc(-c2ccccc2)cc1. The summed E-state index contributed by atoms with van der Waals surface area (Å²) in [5.41, 5.74) is 6.92. The van der Waals surface area contributed by atoms with Gasteiger partial charge in [0.25, 0.3) is 5.91 Å². The lowest BCUT2D eigenvalue weighted by Gasteiger charge is -2.11. The molecule has 5 aromatic rings. The van der Waals surface area contributed by atoms with E-state index in [1.165, 1.54) is 0 Å². The molecule has 0 fully saturated rings. The molecule has 0 bridgehead atoms. The summed E-state index contributed by atoms with van der Waals surface area (Å²) >= 11 is 6.23. The summed E-state index contributed by atoms with van der Waals surface area (Å²) in [5.74, 6) is -0.317. The first-order chi connectivity index (χ1) is 16.6. The molecule has 0 saturated heterocycles. The second-order valence-electron chi connectivity index (χ2n) is 7.99. The third kappa shape index (κ3) is 4.36. The van der Waals surface area contributed by atoms with Crippen molar-refractivity contribution in [2.75, 3.05) is 5.32 Å². The highest BCUT2D eigenvalue weighted by Gasteiger charge is 2.18. The first-order valence-electron chi connectivity index (χ1n) is 11.0. The summed E-state index contributed by atoms with van der Waals surface area (Å²) in [5, 5.41) is 8.03. The molecular formula is C29H22ClN3O. The number of aromatic nitrogens is 2. The van der Waals surface area contributed by atoms with E-state index in [0.717, 1.165) is 33.6 Å². The van der Waals surface area contributed by atoms with Crippen molar-refractivity contribution >= 4 is 23.2 Å². The normalized spacial score (nSPS) is 10.8. The van der Waals surface area contributed by atoms with E-state index in [0.29, 0.717) is 16.4 Å². The van der Waals surface area contributed by atoms with Gasteiger partial charge in [-0.15, -0.1) is 0 Å². The van der Waals surface area contributed by atoms with E-state index in [9.17, 15) is 4.79 Å². The van der Waals surface area contributed by atoms with Crippen molar-refractivity contribution in [3.8, 4) is 28.1 Å². The number of carbonyl (C=O) groups is 1. The van der Waals surface area contributed by atoms with Gasteiger partial charge in [0, 0.05) is 5.56 Å². The van der Waals surface area contributed by atoms with Crippen LogP contribution in [0.4, 0.5) is 5.69 Å². The predicted molar refractivity (Wildman–Crippen MR) is 139 cm³/mol. The molecule has 5 rings (SSSR count). The first kappa shape index (κ1) is 21.7. The second kappa shape index (κ2) is 9.38. The Morgan fingerprint density at radius 2 is 1.38 bits per heavy atom. The van der Waals surface area contributed by atoms with Crippen molar-refractivity contribution in [1.82, 2.24) is 9.78 Å². The third-order valence-electron chi connectivity index (χ3n) is 5.70. The van der Waals surface area contributed by atoms with Gasteiger partial charge in [-0.1, -0.05) is 96.5 Å². The van der Waals surface area contributed by atoms with Gasteiger partial charge in [-0.2, -0.15) is 5.10 Å². The molecule has 0 saturated carbocycles. The molecule has 0 atom stereocenters. The molecule has 0 unspecified atom stereocenters. The Kier molecular flexibility index (Phi) is 5.98. The minimum atomic E-state index is -0.317. The summed E-state index contributed by atoms with van der Waals surface area (Å²) in [6.45, 7) is 2.03. The number of aryl methyl sites for hydroxylation is 1. The number of hydrogen-bond donors (Lipinski definition) is 1. The van der Waals surface area contributed by atoms with E-state index in [1.54, 1.807) is 12.1 Å². The maximum atomic E-state index is 13.1. The minimum Gasteiger partial charge on any atom is -0.319 e. The lowest BCUT2D eigenvalue weighted by atomic mass is 10.0. The zero-order valence-corrected chi connectivity index (χ0v) is 19.3. The van der Waals surface area contributed by atoms with Crippen LogP contribution in [0.3, 0.4) is 0 Å². The lowest BCUT2D eigenvalue weighted by molar-refractivity contribution is 0.102. The highest BCUT2D eigenvalue weighted by Crippen LogP contribution is 2.29. The number of halogens is 1. The van der Waals surface area contributed by atoms with Crippen molar-refractivity contribution in [3.63, 3.8) is 0 Å². The van der Waals surface area contributed by atoms with Crippen molar-refractivity contribution in [2.24, 2.45) is 0 Å². The molecule has 1 aromatic heterocycles. The van der Waals surface area contributed by atoms with Crippen LogP contribution in [0.15, 0.2) is 109 Å². The molecule has 0 spiro atoms. The number of hydrogen-bond acceptors (Lipinski definition) is 2. The Hall–Kier alpha value is -4.15. The van der Waals surface area contributed by atoms with Crippen molar-refractivity contribution < 1.29 is 4.79 Å². The van der Waals surface area contributed by atoms with Crippen LogP contribution in [0.25, 0.3) is 28.1 Å². The number of carbonyl (C=O) groups excluding carboxylic acids is 1. The fraction of sp³-hybridized carbons (Fsp3) is 0.0345. The quantitative estimate of drug-likeness (QED) is 0.294. The maximum absolute atomic E-state index is 13.1. The minimum absolute atomic E-state index is 0.310. The van der Waals surface area contributed by atoms with Crippen molar-refractivity contribution in [2.45, 2.75) is 6.92 Å². The van der Waals surface area contributed by atoms with Gasteiger partial charge >= 0.3 is 0 Å². The van der Waals surface area contributed by atoms with Crippen LogP contribution in [0.5, 0.6) is 0 Å². The first-order valence-corrected chi connectivity index (χ1v) is 11.4. The van der Waals surface area contributed by atoms with E-state index in [-0.39, 0.29) is 5.91 Å². The molecular weight excluding hydrogens is 442 g/mol. The number of benzene rings is 4. The van der Waals surface area contributed by atoms with Crippen LogP contribution >= 0.6 is 11.6 Å². The monoisotopic (exact) mass is 463 g/mol. The molecule has 0 aliphatic carbocycles. The standard InChI is InChI=1S/C29H22ClN3O/c1-20-9-5-8-14-27(20)33-28(23-17-15-22(16-18-23)21-10-3-2-4-11-21)19-26(32-33)29(34)31-25-13-7-6-12-24(25)30/h2-19H,1H3,(H,31,34). The van der Waals surface area contributed by atoms with Gasteiger partial charge in [-0.3, -0.25) is 4.79 Å². The maximum Gasteiger partial charge on any atom is 0.276 e. The molecule has 1 heterocycles. The summed E-state index contributed by atoms with van der Waals surface area (Å²) in [7, 11) is 0. The zero-order valence-electron chi connectivity index (χ0n) is 18.6. The number of para-hydroxylation sites is 2. The van der Waals surface area contributed by atoms with Gasteiger partial charge in [0.1, 0.15) is 0 Å². The topological polar surface area (TPSA) is 46.9 Å². The molecule has 166 valence electrons. The molecule has 1 N–H and O–H groups in total. The number of nitrogens with one attached hydrogen (secondary N) is 1. The molecule has 34 heavy (non-hydrogen) atoms. The molecule has 0 aliphatic rings. The lowest BCUT2D eigenvalue weighted by Crippen LogP contribution is -2.13. The van der Waals surface area contributed by atoms with Gasteiger partial charge < -0.3 is 5.32 Å². The summed E-state index contributed by atoms with van der Waals surface area (Å²) < 4.78 is 1.83. The van der Waals surface area contributed by atoms with Gasteiger partial charge in [0.15, 0.2) is 5.69 Å². The van der Waals surface area contributed by atoms with Crippen molar-refractivity contribution in [1.29, 1.82) is 0 Å². The molecule has 0 aliphatic heterocycles. The fourth-order valence-electron chi connectivity index (χ4n) is 3.90. The number of nitrogens with zero attached hydrogens (tertiary/aromatic N) is 2. The largest absolute Gasteiger partial charge is 0.319 e. The van der Waals surface area contributed by atoms with E-state index in [4.69, 9.17) is 11.6 Å². The molecule has 0 radical (unpaired) electrons. The summed E-state index contributed by atoms with van der Waals surface area (Å²) in [4.78, 5) is 13.1. The average molecular weight is 464 g/mol. The average Bonchev–Trinajstić information content (AvgIpc) is 3.32. The van der Waals surface area contributed by atoms with Gasteiger partial charge in [-0.25, -0.2) is 4.68 Å². The van der Waals surface area contributed by atoms with E-state index < -0.39 is 0 Å². The van der Waals surface area contributed by atoms with E-state index in [1.807, 2.05) is 72.3 Å². The number of amides is 1. The zero-order chi connectivity index (χ0) is 23.5. The van der Waals surface area contributed by atoms with Gasteiger partial charge in [0.2, 0.25) is 0 Å². The Balaban J connectivity index is 1.56. The number of anilines is 1. The van der Waals surface area contributed by atoms with Crippen LogP contribution < -0.4 is 5.32 Å². The predicted octanol–water partition coefficient (Wildman–Crippen LogP) is 7.42. The van der Waals surface area contributed by atoms with Crippen LogP contribution in [0, 0.1) is 6.92 Å². The molecule has 5 heteroatoms. The smallest absolute Gasteiger partial charge is 0.276 e. The van der Waals surface area contributed by atoms with E-state index in [2.05, 4.69) is 46.8 Å². The fourth-order valence-corrected chi connectivity index (χ4v) is 4.08. The summed E-state index contributed by atoms with van der Waals surface area (Å²) in [6.07, 6.45) is 0. The van der Waals surface area contributed by atoms with E-state index >= 15 is 0 Å². The van der Waals surface area contributed by atoms with Crippen LogP contribution in [0.2, 0.25) is 5.02 Å². The Labute approximate surface area is 203 Å². The molecule has 1 amide bonds. The highest BCUT2D eigenvalue weighted by atomic mass is 35.5. The van der Waals surface area contributed by atoms with Crippen LogP contribution in [-0.4, -0.2) is 15.7 Å². The van der Waals surface area contributed by atoms with Crippen LogP contribution in [-0.2, 0) is 0 Å². The van der Waals surface area contributed by atoms with Crippen LogP contribution in [0.1, 0.15) is 16.1 Å². The third-order valence-corrected chi connectivity index (χ3v) is 6.03. The Morgan fingerprint density at radius 3 is 2.12 bits per heavy atom. The highest BCUT2D eigenvalue weighted by molar-refractivity contribution is 6.33. The molecule has 4 nitrogen and oxygen atoms in total.